The fraction of sp³-hybridized carbons (Fsp3) is 0.315. The number of imidazole rings is 3. The summed E-state index contributed by atoms with van der Waals surface area (Å²) in [7, 11) is 11.0. The fourth-order valence-electron chi connectivity index (χ4n) is 12.2. The second kappa shape index (κ2) is 29.9. The van der Waals surface area contributed by atoms with Gasteiger partial charge in [-0.2, -0.15) is 18.3 Å². The molecule has 8 heterocycles. The molecule has 3 N–H and O–H groups in total. The number of nitrogens with zero attached hydrogens (tertiary/aromatic N) is 12. The van der Waals surface area contributed by atoms with Gasteiger partial charge in [0.1, 0.15) is 11.5 Å². The molecule has 0 radical (unpaired) electrons. The van der Waals surface area contributed by atoms with E-state index in [1.54, 1.807) is 134 Å². The molecule has 105 heavy (non-hydrogen) atoms. The maximum absolute atomic E-state index is 13.9. The van der Waals surface area contributed by atoms with Crippen LogP contribution in [-0.2, 0) is 64.0 Å². The number of aryl methyl sites for hydroxylation is 5. The highest BCUT2D eigenvalue weighted by molar-refractivity contribution is 6.37. The van der Waals surface area contributed by atoms with Crippen molar-refractivity contribution in [1.29, 1.82) is 0 Å². The number of benzene rings is 4. The number of aliphatic hydroxyl groups is 3. The monoisotopic (exact) mass is 1540 g/mol. The molecule has 0 saturated heterocycles. The average molecular weight is 1540 g/mol. The Kier molecular flexibility index (Phi) is 22.3. The zero-order chi connectivity index (χ0) is 76.8. The van der Waals surface area contributed by atoms with Crippen LogP contribution in [0.1, 0.15) is 106 Å². The molecular weight excluding hydrogens is 1470 g/mol. The molecule has 19 nitrogen and oxygen atoms in total. The maximum atomic E-state index is 13.9. The summed E-state index contributed by atoms with van der Waals surface area (Å²) in [6.07, 6.45) is 4.36. The molecule has 0 bridgehead atoms. The first-order valence-electron chi connectivity index (χ1n) is 31.8. The Bertz CT molecular complexity index is 5180. The summed E-state index contributed by atoms with van der Waals surface area (Å²) in [4.78, 5) is 29.2. The van der Waals surface area contributed by atoms with Crippen molar-refractivity contribution in [3.8, 4) is 23.4 Å². The van der Waals surface area contributed by atoms with Crippen LogP contribution in [0.4, 0.5) is 39.5 Å². The van der Waals surface area contributed by atoms with Crippen LogP contribution < -0.4 is 18.9 Å². The van der Waals surface area contributed by atoms with Gasteiger partial charge < -0.3 is 48.0 Å². The third-order valence-corrected chi connectivity index (χ3v) is 19.0. The Hall–Kier alpha value is -9.29. The van der Waals surface area contributed by atoms with Gasteiger partial charge in [-0.05, 0) is 111 Å². The normalized spacial score (nSPS) is 13.9. The summed E-state index contributed by atoms with van der Waals surface area (Å²) in [5, 5.41) is 42.8. The SMILES string of the molecule is COc1nc2ccc(C(O)(c3ccc(C(F)(F)F)nc3)c3cncn3C)cc2c(Cl)c1CCC(C)(F)F.COc1nc2ccc(C(O)(c3ccc(Cl)cc3)c3cncn3C)cc2c(Cl)c1CC(C)(F)F.COc1nc2ccc(C(O)(c3cn(C)nc3C)c3cnc(C)n3C)cc2c(Cl)c1OCC(C)(F)F. The van der Waals surface area contributed by atoms with E-state index in [1.807, 2.05) is 14.0 Å². The number of hydrogen-bond acceptors (Lipinski definition) is 15. The molecule has 0 spiro atoms. The second-order valence-corrected chi connectivity index (χ2v) is 26.9. The standard InChI is InChI=1S/C25H22ClF5N4O2.C24H21Cl2F2N3O2.C24H26ClF2N5O3/c1-23(27,28)9-8-16-21(26)17-10-14(4-6-18(17)34-22(16)37-3)24(36,20-12-32-13-35(20)2)15-5-7-19(33-11-15)25(29,30)31;1-23(27,28)11-18-21(26)17-10-15(6-9-19(17)30-22(18)33-3)24(32,20-12-29-13-31(20)2)14-4-7-16(25)8-5-14;1-13-17(11-31(4)30-13)24(33,19-10-28-14(2)32(19)5)15-7-8-18-16(9-15)20(25)21(22(29-18)34-6)35-12-23(3,26)27/h4-7,10-13,36H,8-9H2,1-3H3;4-10,12-13,32H,11H2,1-3H3;7-11,33H,12H2,1-6H3. The minimum Gasteiger partial charge on any atom is -0.481 e. The van der Waals surface area contributed by atoms with E-state index in [-0.39, 0.29) is 72.8 Å². The van der Waals surface area contributed by atoms with Gasteiger partial charge in [-0.25, -0.2) is 56.2 Å². The maximum Gasteiger partial charge on any atom is 0.433 e. The molecule has 4 aromatic carbocycles. The Morgan fingerprint density at radius 3 is 1.38 bits per heavy atom. The lowest BCUT2D eigenvalue weighted by Crippen LogP contribution is -2.32. The molecule has 0 aliphatic carbocycles. The van der Waals surface area contributed by atoms with E-state index >= 15 is 0 Å². The quantitative estimate of drug-likeness (QED) is 0.0604. The van der Waals surface area contributed by atoms with Crippen molar-refractivity contribution < 1.29 is 73.8 Å². The van der Waals surface area contributed by atoms with Crippen molar-refractivity contribution in [2.75, 3.05) is 27.9 Å². The lowest BCUT2D eigenvalue weighted by molar-refractivity contribution is -0.141. The van der Waals surface area contributed by atoms with Crippen LogP contribution in [0, 0.1) is 13.8 Å². The van der Waals surface area contributed by atoms with E-state index in [4.69, 9.17) is 65.4 Å². The van der Waals surface area contributed by atoms with Gasteiger partial charge in [-0.3, -0.25) is 9.67 Å². The predicted molar refractivity (Wildman–Crippen MR) is 379 cm³/mol. The Morgan fingerprint density at radius 1 is 0.495 bits per heavy atom. The molecule has 0 saturated carbocycles. The lowest BCUT2D eigenvalue weighted by atomic mass is 9.83. The number of halogens is 13. The van der Waals surface area contributed by atoms with Gasteiger partial charge in [0.2, 0.25) is 29.4 Å². The van der Waals surface area contributed by atoms with E-state index < -0.39 is 65.9 Å². The number of alkyl halides is 9. The summed E-state index contributed by atoms with van der Waals surface area (Å²) in [6, 6.07) is 23.4. The van der Waals surface area contributed by atoms with Gasteiger partial charge >= 0.3 is 6.18 Å². The Morgan fingerprint density at radius 2 is 0.962 bits per heavy atom. The van der Waals surface area contributed by atoms with Gasteiger partial charge in [0.15, 0.2) is 23.4 Å². The molecule has 0 amide bonds. The van der Waals surface area contributed by atoms with Crippen molar-refractivity contribution >= 4 is 79.1 Å². The van der Waals surface area contributed by atoms with Crippen molar-refractivity contribution in [1.82, 2.24) is 58.4 Å². The highest BCUT2D eigenvalue weighted by Gasteiger charge is 2.43. The number of ether oxygens (including phenoxy) is 4. The molecule has 0 aliphatic heterocycles. The van der Waals surface area contributed by atoms with E-state index in [1.165, 1.54) is 50.6 Å². The van der Waals surface area contributed by atoms with Gasteiger partial charge in [-0.1, -0.05) is 82.8 Å². The minimum atomic E-state index is -4.66. The molecule has 8 aromatic heterocycles. The lowest BCUT2D eigenvalue weighted by Gasteiger charge is -2.30. The summed E-state index contributed by atoms with van der Waals surface area (Å²) in [6.45, 7) is 5.09. The van der Waals surface area contributed by atoms with Gasteiger partial charge in [0.25, 0.3) is 11.8 Å². The first kappa shape index (κ1) is 78.3. The summed E-state index contributed by atoms with van der Waals surface area (Å²) in [5.74, 6) is -8.30. The van der Waals surface area contributed by atoms with Crippen LogP contribution in [0.25, 0.3) is 32.7 Å². The summed E-state index contributed by atoms with van der Waals surface area (Å²) < 4.78 is 149. The van der Waals surface area contributed by atoms with Crippen LogP contribution in [0.2, 0.25) is 20.1 Å². The van der Waals surface area contributed by atoms with Crippen molar-refractivity contribution in [3.05, 3.63) is 234 Å². The zero-order valence-electron chi connectivity index (χ0n) is 58.3. The Labute approximate surface area is 615 Å². The van der Waals surface area contributed by atoms with E-state index in [9.17, 15) is 54.8 Å². The average Bonchev–Trinajstić information content (AvgIpc) is 1.59. The van der Waals surface area contributed by atoms with Crippen LogP contribution in [0.5, 0.6) is 23.4 Å². The van der Waals surface area contributed by atoms with Crippen molar-refractivity contribution in [2.24, 2.45) is 28.2 Å². The molecule has 3 atom stereocenters. The van der Waals surface area contributed by atoms with E-state index in [2.05, 4.69) is 40.0 Å². The second-order valence-electron chi connectivity index (χ2n) is 25.4. The number of rotatable bonds is 20. The van der Waals surface area contributed by atoms with Gasteiger partial charge in [-0.15, -0.1) is 0 Å². The topological polar surface area (TPSA) is 220 Å². The highest BCUT2D eigenvalue weighted by atomic mass is 35.5. The first-order chi connectivity index (χ1) is 49.2. The Balaban J connectivity index is 0.000000169. The molecular formula is C73H69Cl4F9N12O7. The fourth-order valence-corrected chi connectivity index (χ4v) is 13.2. The third-order valence-electron chi connectivity index (χ3n) is 17.5. The zero-order valence-corrected chi connectivity index (χ0v) is 61.3. The van der Waals surface area contributed by atoms with Crippen molar-refractivity contribution in [2.45, 2.75) is 94.6 Å². The predicted octanol–water partition coefficient (Wildman–Crippen LogP) is 16.0. The van der Waals surface area contributed by atoms with Crippen LogP contribution in [0.15, 0.2) is 135 Å². The molecule has 0 aliphatic rings. The van der Waals surface area contributed by atoms with Crippen LogP contribution in [-0.4, -0.2) is 119 Å². The largest absolute Gasteiger partial charge is 0.481 e. The summed E-state index contributed by atoms with van der Waals surface area (Å²) in [5.41, 5.74) is -0.531. The third kappa shape index (κ3) is 16.0. The molecule has 12 aromatic rings. The smallest absolute Gasteiger partial charge is 0.433 e. The van der Waals surface area contributed by atoms with Crippen LogP contribution in [0.3, 0.4) is 0 Å². The number of hydrogen-bond donors (Lipinski definition) is 3. The molecule has 0 fully saturated rings. The van der Waals surface area contributed by atoms with Gasteiger partial charge in [0, 0.05) is 104 Å². The number of methoxy groups -OCH3 is 3. The van der Waals surface area contributed by atoms with Crippen LogP contribution >= 0.6 is 46.4 Å². The molecule has 12 rings (SSSR count). The van der Waals surface area contributed by atoms with E-state index in [0.717, 1.165) is 39.1 Å². The first-order valence-corrected chi connectivity index (χ1v) is 33.3. The number of pyridine rings is 4. The van der Waals surface area contributed by atoms with Crippen molar-refractivity contribution in [3.63, 3.8) is 0 Å². The molecule has 554 valence electrons. The molecule has 32 heteroatoms. The minimum absolute atomic E-state index is 0.0138. The van der Waals surface area contributed by atoms with Gasteiger partial charge in [0.05, 0.1) is 107 Å². The number of fused-ring (bicyclic) bond motifs is 3. The molecule has 3 unspecified atom stereocenters. The summed E-state index contributed by atoms with van der Waals surface area (Å²) >= 11 is 26.0. The number of aromatic nitrogens is 12. The van der Waals surface area contributed by atoms with E-state index in [0.29, 0.717) is 82.9 Å². The highest BCUT2D eigenvalue weighted by Crippen LogP contribution is 2.47.